The second-order valence-corrected chi connectivity index (χ2v) is 4.79. The zero-order chi connectivity index (χ0) is 14.5. The molecule has 0 aliphatic heterocycles. The lowest BCUT2D eigenvalue weighted by atomic mass is 10.2. The first kappa shape index (κ1) is 14.5. The summed E-state index contributed by atoms with van der Waals surface area (Å²) in [5, 5.41) is 9.40. The lowest BCUT2D eigenvalue weighted by Gasteiger charge is -2.07. The Morgan fingerprint density at radius 3 is 2.90 bits per heavy atom. The number of aliphatic hydroxyl groups is 1. The average molecular weight is 276 g/mol. The fourth-order valence-corrected chi connectivity index (χ4v) is 2.11. The third kappa shape index (κ3) is 3.17. The van der Waals surface area contributed by atoms with Gasteiger partial charge in [0.05, 0.1) is 17.6 Å². The molecule has 1 N–H and O–H groups in total. The summed E-state index contributed by atoms with van der Waals surface area (Å²) in [6.07, 6.45) is 1.39. The molecule has 0 saturated heterocycles. The quantitative estimate of drug-likeness (QED) is 0.842. The minimum atomic E-state index is -0.141. The van der Waals surface area contributed by atoms with Gasteiger partial charge in [-0.25, -0.2) is 4.98 Å². The summed E-state index contributed by atoms with van der Waals surface area (Å²) in [6, 6.07) is 5.69. The molecular formula is C15H20N2O3. The molecular weight excluding hydrogens is 256 g/mol. The molecule has 5 heteroatoms. The van der Waals surface area contributed by atoms with E-state index in [1.54, 1.807) is 6.92 Å². The molecule has 2 rings (SSSR count). The van der Waals surface area contributed by atoms with Gasteiger partial charge in [0.25, 0.3) is 0 Å². The van der Waals surface area contributed by atoms with E-state index in [0.717, 1.165) is 23.2 Å². The van der Waals surface area contributed by atoms with Crippen molar-refractivity contribution in [1.29, 1.82) is 0 Å². The van der Waals surface area contributed by atoms with Crippen LogP contribution in [0.15, 0.2) is 18.2 Å². The number of Topliss-reactive ketones (excluding diaryl/α,β-unsaturated/α-hetero) is 1. The molecule has 2 aromatic rings. The number of benzene rings is 1. The summed E-state index contributed by atoms with van der Waals surface area (Å²) in [7, 11) is 0. The number of aliphatic hydroxyl groups excluding tert-OH is 1. The van der Waals surface area contributed by atoms with Crippen LogP contribution in [0.4, 0.5) is 0 Å². The molecule has 20 heavy (non-hydrogen) atoms. The molecule has 0 bridgehead atoms. The predicted octanol–water partition coefficient (Wildman–Crippen LogP) is 2.30. The van der Waals surface area contributed by atoms with Crippen molar-refractivity contribution in [3.05, 3.63) is 24.0 Å². The van der Waals surface area contributed by atoms with Gasteiger partial charge >= 0.3 is 0 Å². The highest BCUT2D eigenvalue weighted by Crippen LogP contribution is 2.22. The molecule has 0 fully saturated rings. The van der Waals surface area contributed by atoms with Crippen LogP contribution < -0.4 is 4.74 Å². The third-order valence-electron chi connectivity index (χ3n) is 3.10. The number of fused-ring (bicyclic) bond motifs is 1. The Balaban J connectivity index is 2.33. The Kier molecular flexibility index (Phi) is 4.74. The fraction of sp³-hybridized carbons (Fsp3) is 0.467. The maximum absolute atomic E-state index is 11.1. The lowest BCUT2D eigenvalue weighted by Crippen LogP contribution is -2.06. The molecule has 1 aromatic carbocycles. The predicted molar refractivity (Wildman–Crippen MR) is 76.7 cm³/mol. The molecule has 0 amide bonds. The molecule has 0 saturated carbocycles. The average Bonchev–Trinajstić information content (AvgIpc) is 2.79. The van der Waals surface area contributed by atoms with Gasteiger partial charge in [-0.3, -0.25) is 4.79 Å². The summed E-state index contributed by atoms with van der Waals surface area (Å²) < 4.78 is 7.47. The zero-order valence-corrected chi connectivity index (χ0v) is 11.9. The number of nitrogens with zero attached hydrogens (tertiary/aromatic N) is 2. The monoisotopic (exact) mass is 276 g/mol. The summed E-state index contributed by atoms with van der Waals surface area (Å²) in [4.78, 5) is 15.5. The van der Waals surface area contributed by atoms with Crippen molar-refractivity contribution in [2.75, 3.05) is 6.61 Å². The Morgan fingerprint density at radius 1 is 1.45 bits per heavy atom. The summed E-state index contributed by atoms with van der Waals surface area (Å²) >= 11 is 0. The Bertz CT molecular complexity index is 604. The van der Waals surface area contributed by atoms with Gasteiger partial charge in [-0.05, 0) is 25.5 Å². The number of hydrogen-bond donors (Lipinski definition) is 1. The molecule has 0 radical (unpaired) electrons. The number of ketones is 1. The van der Waals surface area contributed by atoms with E-state index in [0.29, 0.717) is 25.4 Å². The largest absolute Gasteiger partial charge is 0.494 e. The highest BCUT2D eigenvalue weighted by molar-refractivity contribution is 5.79. The van der Waals surface area contributed by atoms with Crippen molar-refractivity contribution in [2.45, 2.75) is 39.8 Å². The molecule has 0 aliphatic carbocycles. The number of rotatable bonds is 7. The molecule has 108 valence electrons. The van der Waals surface area contributed by atoms with E-state index < -0.39 is 0 Å². The number of carbonyl (C=O) groups excluding carboxylic acids is 1. The van der Waals surface area contributed by atoms with E-state index in [1.807, 2.05) is 22.8 Å². The third-order valence-corrected chi connectivity index (χ3v) is 3.10. The second-order valence-electron chi connectivity index (χ2n) is 4.79. The number of carbonyl (C=O) groups is 1. The lowest BCUT2D eigenvalue weighted by molar-refractivity contribution is -0.117. The summed E-state index contributed by atoms with van der Waals surface area (Å²) in [6.45, 7) is 4.69. The highest BCUT2D eigenvalue weighted by atomic mass is 16.5. The maximum atomic E-state index is 11.1. The van der Waals surface area contributed by atoms with Crippen LogP contribution in [0.2, 0.25) is 0 Å². The smallest absolute Gasteiger partial charge is 0.135 e. The first-order valence-electron chi connectivity index (χ1n) is 6.88. The van der Waals surface area contributed by atoms with Gasteiger partial charge in [0, 0.05) is 19.0 Å². The molecule has 5 nitrogen and oxygen atoms in total. The van der Waals surface area contributed by atoms with Gasteiger partial charge in [-0.15, -0.1) is 0 Å². The summed E-state index contributed by atoms with van der Waals surface area (Å²) in [5.41, 5.74) is 1.70. The SMILES string of the molecule is CCCOc1ccc2c(c1)nc(CO)n2CCC(C)=O. The van der Waals surface area contributed by atoms with Gasteiger partial charge in [0.2, 0.25) is 0 Å². The van der Waals surface area contributed by atoms with Gasteiger partial charge < -0.3 is 14.4 Å². The van der Waals surface area contributed by atoms with Crippen molar-refractivity contribution in [2.24, 2.45) is 0 Å². The maximum Gasteiger partial charge on any atom is 0.135 e. The van der Waals surface area contributed by atoms with Crippen LogP contribution in [0.3, 0.4) is 0 Å². The standard InChI is InChI=1S/C15H20N2O3/c1-3-8-20-12-4-5-14-13(9-12)16-15(10-18)17(14)7-6-11(2)19/h4-5,9,18H,3,6-8,10H2,1-2H3. The molecule has 1 aromatic heterocycles. The molecule has 0 aliphatic rings. The van der Waals surface area contributed by atoms with E-state index in [1.165, 1.54) is 0 Å². The minimum Gasteiger partial charge on any atom is -0.494 e. The van der Waals surface area contributed by atoms with Crippen LogP contribution in [0.1, 0.15) is 32.5 Å². The van der Waals surface area contributed by atoms with Crippen LogP contribution in [-0.2, 0) is 17.9 Å². The van der Waals surface area contributed by atoms with Crippen molar-refractivity contribution >= 4 is 16.8 Å². The second kappa shape index (κ2) is 6.52. The zero-order valence-electron chi connectivity index (χ0n) is 11.9. The normalized spacial score (nSPS) is 10.9. The van der Waals surface area contributed by atoms with Crippen LogP contribution in [0.5, 0.6) is 5.75 Å². The van der Waals surface area contributed by atoms with E-state index in [9.17, 15) is 9.90 Å². The number of ether oxygens (including phenoxy) is 1. The number of aromatic nitrogens is 2. The number of imidazole rings is 1. The van der Waals surface area contributed by atoms with E-state index in [2.05, 4.69) is 11.9 Å². The molecule has 0 atom stereocenters. The first-order valence-corrected chi connectivity index (χ1v) is 6.88. The van der Waals surface area contributed by atoms with E-state index in [4.69, 9.17) is 4.74 Å². The number of hydrogen-bond acceptors (Lipinski definition) is 4. The summed E-state index contributed by atoms with van der Waals surface area (Å²) in [5.74, 6) is 1.48. The van der Waals surface area contributed by atoms with Crippen LogP contribution >= 0.6 is 0 Å². The van der Waals surface area contributed by atoms with Gasteiger partial charge in [0.1, 0.15) is 24.0 Å². The Labute approximate surface area is 118 Å². The highest BCUT2D eigenvalue weighted by Gasteiger charge is 2.11. The molecule has 0 spiro atoms. The minimum absolute atomic E-state index is 0.124. The fourth-order valence-electron chi connectivity index (χ4n) is 2.11. The van der Waals surface area contributed by atoms with Gasteiger partial charge in [0.15, 0.2) is 0 Å². The van der Waals surface area contributed by atoms with Crippen LogP contribution in [0.25, 0.3) is 11.0 Å². The Hall–Kier alpha value is -1.88. The van der Waals surface area contributed by atoms with Crippen LogP contribution in [-0.4, -0.2) is 27.0 Å². The van der Waals surface area contributed by atoms with Crippen LogP contribution in [0, 0.1) is 0 Å². The number of aryl methyl sites for hydroxylation is 1. The van der Waals surface area contributed by atoms with E-state index >= 15 is 0 Å². The van der Waals surface area contributed by atoms with Crippen molar-refractivity contribution in [3.8, 4) is 5.75 Å². The molecule has 1 heterocycles. The Morgan fingerprint density at radius 2 is 2.25 bits per heavy atom. The van der Waals surface area contributed by atoms with Crippen molar-refractivity contribution in [3.63, 3.8) is 0 Å². The van der Waals surface area contributed by atoms with Gasteiger partial charge in [-0.2, -0.15) is 0 Å². The van der Waals surface area contributed by atoms with E-state index in [-0.39, 0.29) is 12.4 Å². The van der Waals surface area contributed by atoms with Crippen molar-refractivity contribution < 1.29 is 14.6 Å². The topological polar surface area (TPSA) is 64.3 Å². The van der Waals surface area contributed by atoms with Gasteiger partial charge in [-0.1, -0.05) is 6.92 Å². The molecule has 0 unspecified atom stereocenters. The van der Waals surface area contributed by atoms with Crippen molar-refractivity contribution in [1.82, 2.24) is 9.55 Å². The first-order chi connectivity index (χ1) is 9.65.